The molecule has 0 aromatic heterocycles. The van der Waals surface area contributed by atoms with E-state index in [9.17, 15) is 0 Å². The topological polar surface area (TPSA) is 32.3 Å². The molecule has 2 N–H and O–H groups in total. The molecule has 1 rings (SSSR count). The van der Waals surface area contributed by atoms with Gasteiger partial charge in [0, 0.05) is 18.4 Å². The maximum Gasteiger partial charge on any atom is 0.0464 e. The Morgan fingerprint density at radius 1 is 1.22 bits per heavy atom. The number of thioether (sulfide) groups is 1. The lowest BCUT2D eigenvalue weighted by Gasteiger charge is -2.31. The van der Waals surface area contributed by atoms with Gasteiger partial charge >= 0.3 is 0 Å². The summed E-state index contributed by atoms with van der Waals surface area (Å²) in [6.45, 7) is 5.84. The summed E-state index contributed by atoms with van der Waals surface area (Å²) in [7, 11) is 0. The predicted molar refractivity (Wildman–Crippen MR) is 82.2 cm³/mol. The summed E-state index contributed by atoms with van der Waals surface area (Å²) in [6, 6.07) is 0.696. The number of aliphatic hydroxyl groups is 1. The molecular weight excluding hydrogens is 242 g/mol. The van der Waals surface area contributed by atoms with Crippen LogP contribution in [0.4, 0.5) is 0 Å². The van der Waals surface area contributed by atoms with Crippen molar-refractivity contribution >= 4 is 11.8 Å². The Labute approximate surface area is 117 Å². The molecule has 0 amide bonds. The highest BCUT2D eigenvalue weighted by molar-refractivity contribution is 7.99. The third-order valence-electron chi connectivity index (χ3n) is 3.89. The van der Waals surface area contributed by atoms with E-state index >= 15 is 0 Å². The highest BCUT2D eigenvalue weighted by atomic mass is 32.2. The molecule has 0 saturated heterocycles. The Balaban J connectivity index is 2.29. The van der Waals surface area contributed by atoms with Crippen molar-refractivity contribution in [2.75, 3.05) is 24.7 Å². The van der Waals surface area contributed by atoms with Crippen molar-refractivity contribution < 1.29 is 5.11 Å². The van der Waals surface area contributed by atoms with Crippen LogP contribution in [0.3, 0.4) is 0 Å². The molecule has 1 aliphatic rings. The zero-order valence-electron chi connectivity index (χ0n) is 12.2. The minimum absolute atomic E-state index is 0.323. The maximum atomic E-state index is 9.06. The van der Waals surface area contributed by atoms with Crippen molar-refractivity contribution in [1.82, 2.24) is 5.32 Å². The van der Waals surface area contributed by atoms with E-state index in [0.29, 0.717) is 18.6 Å². The Kier molecular flexibility index (Phi) is 9.16. The lowest BCUT2D eigenvalue weighted by atomic mass is 9.84. The van der Waals surface area contributed by atoms with Crippen LogP contribution in [-0.4, -0.2) is 35.8 Å². The second kappa shape index (κ2) is 10.1. The van der Waals surface area contributed by atoms with Gasteiger partial charge in [-0.3, -0.25) is 0 Å². The first-order valence-corrected chi connectivity index (χ1v) is 8.85. The molecule has 1 fully saturated rings. The van der Waals surface area contributed by atoms with Crippen LogP contribution in [0.5, 0.6) is 0 Å². The average molecular weight is 273 g/mol. The molecule has 0 aromatic rings. The Bertz CT molecular complexity index is 195. The summed E-state index contributed by atoms with van der Waals surface area (Å²) >= 11 is 2.02. The molecule has 1 aliphatic carbocycles. The number of hydrogen-bond acceptors (Lipinski definition) is 3. The summed E-state index contributed by atoms with van der Waals surface area (Å²) in [6.07, 6.45) is 8.33. The average Bonchev–Trinajstić information content (AvgIpc) is 2.43. The summed E-state index contributed by atoms with van der Waals surface area (Å²) in [5, 5.41) is 12.8. The SMILES string of the molecule is CCCNC(CSCC(C)CO)C1CCCCC1. The van der Waals surface area contributed by atoms with Gasteiger partial charge in [0.05, 0.1) is 0 Å². The molecule has 0 aliphatic heterocycles. The fourth-order valence-corrected chi connectivity index (χ4v) is 3.96. The highest BCUT2D eigenvalue weighted by Crippen LogP contribution is 2.28. The van der Waals surface area contributed by atoms with Crippen LogP contribution in [0.1, 0.15) is 52.4 Å². The van der Waals surface area contributed by atoms with E-state index in [0.717, 1.165) is 18.2 Å². The van der Waals surface area contributed by atoms with E-state index in [2.05, 4.69) is 19.2 Å². The van der Waals surface area contributed by atoms with Crippen LogP contribution in [0.15, 0.2) is 0 Å². The third-order valence-corrected chi connectivity index (χ3v) is 5.29. The van der Waals surface area contributed by atoms with Gasteiger partial charge in [-0.1, -0.05) is 33.1 Å². The fraction of sp³-hybridized carbons (Fsp3) is 1.00. The molecule has 0 heterocycles. The summed E-state index contributed by atoms with van der Waals surface area (Å²) in [4.78, 5) is 0. The number of aliphatic hydroxyl groups excluding tert-OH is 1. The quantitative estimate of drug-likeness (QED) is 0.676. The third kappa shape index (κ3) is 6.44. The predicted octanol–water partition coefficient (Wildman–Crippen LogP) is 3.30. The fourth-order valence-electron chi connectivity index (χ4n) is 2.68. The van der Waals surface area contributed by atoms with Gasteiger partial charge in [-0.05, 0) is 43.4 Å². The molecule has 3 heteroatoms. The van der Waals surface area contributed by atoms with Crippen molar-refractivity contribution in [2.45, 2.75) is 58.4 Å². The summed E-state index contributed by atoms with van der Waals surface area (Å²) in [5.41, 5.74) is 0. The number of hydrogen-bond donors (Lipinski definition) is 2. The molecule has 2 atom stereocenters. The molecule has 2 nitrogen and oxygen atoms in total. The van der Waals surface area contributed by atoms with Crippen molar-refractivity contribution in [1.29, 1.82) is 0 Å². The van der Waals surface area contributed by atoms with E-state index in [4.69, 9.17) is 5.11 Å². The molecule has 0 spiro atoms. The minimum Gasteiger partial charge on any atom is -0.396 e. The number of nitrogens with one attached hydrogen (secondary N) is 1. The molecule has 108 valence electrons. The van der Waals surface area contributed by atoms with Crippen molar-refractivity contribution in [3.63, 3.8) is 0 Å². The molecule has 0 radical (unpaired) electrons. The van der Waals surface area contributed by atoms with Crippen LogP contribution in [0.2, 0.25) is 0 Å². The van der Waals surface area contributed by atoms with Crippen molar-refractivity contribution in [3.05, 3.63) is 0 Å². The molecule has 18 heavy (non-hydrogen) atoms. The normalized spacial score (nSPS) is 20.8. The minimum atomic E-state index is 0.323. The van der Waals surface area contributed by atoms with E-state index in [-0.39, 0.29) is 0 Å². The largest absolute Gasteiger partial charge is 0.396 e. The summed E-state index contributed by atoms with van der Waals surface area (Å²) in [5.74, 6) is 3.64. The molecular formula is C15H31NOS. The Morgan fingerprint density at radius 3 is 2.56 bits per heavy atom. The van der Waals surface area contributed by atoms with Crippen LogP contribution in [0.25, 0.3) is 0 Å². The first kappa shape index (κ1) is 16.3. The second-order valence-electron chi connectivity index (χ2n) is 5.78. The molecule has 2 unspecified atom stereocenters. The standard InChI is InChI=1S/C15H31NOS/c1-3-9-16-15(12-18-11-13(2)10-17)14-7-5-4-6-8-14/h13-17H,3-12H2,1-2H3. The van der Waals surface area contributed by atoms with E-state index in [1.807, 2.05) is 11.8 Å². The van der Waals surface area contributed by atoms with Gasteiger partial charge in [0.2, 0.25) is 0 Å². The van der Waals surface area contributed by atoms with Gasteiger partial charge < -0.3 is 10.4 Å². The van der Waals surface area contributed by atoms with Crippen LogP contribution >= 0.6 is 11.8 Å². The molecule has 0 bridgehead atoms. The second-order valence-corrected chi connectivity index (χ2v) is 6.86. The number of rotatable bonds is 9. The lowest BCUT2D eigenvalue weighted by Crippen LogP contribution is -2.40. The monoisotopic (exact) mass is 273 g/mol. The van der Waals surface area contributed by atoms with Crippen molar-refractivity contribution in [2.24, 2.45) is 11.8 Å². The lowest BCUT2D eigenvalue weighted by molar-refractivity contribution is 0.250. The molecule has 0 aromatic carbocycles. The van der Waals surface area contributed by atoms with Gasteiger partial charge in [0.15, 0.2) is 0 Å². The Hall–Kier alpha value is 0.270. The van der Waals surface area contributed by atoms with Gasteiger partial charge in [-0.2, -0.15) is 11.8 Å². The van der Waals surface area contributed by atoms with Crippen LogP contribution in [-0.2, 0) is 0 Å². The van der Waals surface area contributed by atoms with Gasteiger partial charge in [-0.15, -0.1) is 0 Å². The first-order valence-electron chi connectivity index (χ1n) is 7.69. The molecule has 1 saturated carbocycles. The van der Waals surface area contributed by atoms with Crippen LogP contribution < -0.4 is 5.32 Å². The maximum absolute atomic E-state index is 9.06. The van der Waals surface area contributed by atoms with E-state index in [1.54, 1.807) is 0 Å². The zero-order valence-corrected chi connectivity index (χ0v) is 13.0. The highest BCUT2D eigenvalue weighted by Gasteiger charge is 2.23. The smallest absolute Gasteiger partial charge is 0.0464 e. The van der Waals surface area contributed by atoms with Gasteiger partial charge in [0.1, 0.15) is 0 Å². The van der Waals surface area contributed by atoms with Gasteiger partial charge in [-0.25, -0.2) is 0 Å². The van der Waals surface area contributed by atoms with E-state index < -0.39 is 0 Å². The van der Waals surface area contributed by atoms with E-state index in [1.165, 1.54) is 44.3 Å². The van der Waals surface area contributed by atoms with Gasteiger partial charge in [0.25, 0.3) is 0 Å². The Morgan fingerprint density at radius 2 is 1.94 bits per heavy atom. The zero-order chi connectivity index (χ0) is 13.2. The van der Waals surface area contributed by atoms with Crippen molar-refractivity contribution in [3.8, 4) is 0 Å². The summed E-state index contributed by atoms with van der Waals surface area (Å²) < 4.78 is 0. The first-order chi connectivity index (χ1) is 8.77. The van der Waals surface area contributed by atoms with Crippen LogP contribution in [0, 0.1) is 11.8 Å².